The molecule has 2 saturated heterocycles. The SMILES string of the molecule is CC(C)N1CCC(C(C)(C)CCC(C)(C)C2CCN(C(C)(C)C)CN2)CO1. The van der Waals surface area contributed by atoms with Gasteiger partial charge in [0.1, 0.15) is 0 Å². The summed E-state index contributed by atoms with van der Waals surface area (Å²) >= 11 is 0. The number of nitrogens with one attached hydrogen (secondary N) is 1. The average Bonchev–Trinajstić information content (AvgIpc) is 2.60. The Hall–Kier alpha value is -0.160. The van der Waals surface area contributed by atoms with Crippen LogP contribution in [0.5, 0.6) is 0 Å². The maximum Gasteiger partial charge on any atom is 0.0719 e. The van der Waals surface area contributed by atoms with Crippen LogP contribution < -0.4 is 5.32 Å². The van der Waals surface area contributed by atoms with Crippen LogP contribution >= 0.6 is 0 Å². The first-order valence-electron chi connectivity index (χ1n) is 11.2. The van der Waals surface area contributed by atoms with Gasteiger partial charge in [-0.1, -0.05) is 27.7 Å². The number of rotatable bonds is 6. The maximum absolute atomic E-state index is 6.05. The normalized spacial score (nSPS) is 27.3. The lowest BCUT2D eigenvalue weighted by atomic mass is 9.68. The van der Waals surface area contributed by atoms with Crippen LogP contribution in [0.1, 0.15) is 88.0 Å². The van der Waals surface area contributed by atoms with E-state index < -0.39 is 0 Å². The highest BCUT2D eigenvalue weighted by Gasteiger charge is 2.38. The molecule has 2 rings (SSSR count). The summed E-state index contributed by atoms with van der Waals surface area (Å²) in [5, 5.41) is 6.00. The van der Waals surface area contributed by atoms with Crippen molar-refractivity contribution in [2.24, 2.45) is 16.7 Å². The smallest absolute Gasteiger partial charge is 0.0719 e. The first-order chi connectivity index (χ1) is 12.3. The van der Waals surface area contributed by atoms with Crippen LogP contribution in [-0.4, -0.2) is 54.0 Å². The third kappa shape index (κ3) is 6.16. The van der Waals surface area contributed by atoms with Gasteiger partial charge in [-0.2, -0.15) is 5.06 Å². The van der Waals surface area contributed by atoms with E-state index in [-0.39, 0.29) is 5.54 Å². The summed E-state index contributed by atoms with van der Waals surface area (Å²) in [5.74, 6) is 0.666. The second kappa shape index (κ2) is 8.69. The molecule has 0 aromatic carbocycles. The second-order valence-electron chi connectivity index (χ2n) is 11.6. The van der Waals surface area contributed by atoms with Crippen molar-refractivity contribution in [3.8, 4) is 0 Å². The van der Waals surface area contributed by atoms with Gasteiger partial charge in [0.15, 0.2) is 0 Å². The molecule has 0 bridgehead atoms. The van der Waals surface area contributed by atoms with E-state index >= 15 is 0 Å². The van der Waals surface area contributed by atoms with Gasteiger partial charge in [0, 0.05) is 37.4 Å². The minimum Gasteiger partial charge on any atom is -0.301 e. The van der Waals surface area contributed by atoms with Gasteiger partial charge in [-0.15, -0.1) is 0 Å². The Bertz CT molecular complexity index is 451. The van der Waals surface area contributed by atoms with Crippen LogP contribution in [0, 0.1) is 16.7 Å². The summed E-state index contributed by atoms with van der Waals surface area (Å²) in [5.41, 5.74) is 0.933. The zero-order chi connectivity index (χ0) is 20.5. The summed E-state index contributed by atoms with van der Waals surface area (Å²) in [6, 6.07) is 1.10. The Morgan fingerprint density at radius 1 is 0.926 bits per heavy atom. The summed E-state index contributed by atoms with van der Waals surface area (Å²) in [4.78, 5) is 8.60. The molecule has 0 aliphatic carbocycles. The molecule has 4 heteroatoms. The zero-order valence-electron chi connectivity index (χ0n) is 19.7. The molecule has 0 aromatic heterocycles. The van der Waals surface area contributed by atoms with Crippen molar-refractivity contribution < 1.29 is 4.84 Å². The van der Waals surface area contributed by atoms with E-state index in [2.05, 4.69) is 77.6 Å². The van der Waals surface area contributed by atoms with Crippen LogP contribution in [0.3, 0.4) is 0 Å². The van der Waals surface area contributed by atoms with Gasteiger partial charge < -0.3 is 5.32 Å². The summed E-state index contributed by atoms with van der Waals surface area (Å²) < 4.78 is 0. The molecule has 2 atom stereocenters. The minimum atomic E-state index is 0.259. The number of hydrogen-bond acceptors (Lipinski definition) is 4. The Morgan fingerprint density at radius 3 is 2.00 bits per heavy atom. The Labute approximate surface area is 169 Å². The first kappa shape index (κ1) is 23.1. The fourth-order valence-corrected chi connectivity index (χ4v) is 4.59. The van der Waals surface area contributed by atoms with E-state index in [1.54, 1.807) is 0 Å². The fourth-order valence-electron chi connectivity index (χ4n) is 4.59. The molecular formula is C23H47N3O. The van der Waals surface area contributed by atoms with Gasteiger partial charge >= 0.3 is 0 Å². The molecule has 2 fully saturated rings. The molecule has 27 heavy (non-hydrogen) atoms. The van der Waals surface area contributed by atoms with E-state index in [0.29, 0.717) is 28.8 Å². The molecule has 2 heterocycles. The van der Waals surface area contributed by atoms with Crippen LogP contribution in [0.2, 0.25) is 0 Å². The van der Waals surface area contributed by atoms with Crippen molar-refractivity contribution in [2.45, 2.75) is 106 Å². The predicted octanol–water partition coefficient (Wildman–Crippen LogP) is 4.90. The van der Waals surface area contributed by atoms with E-state index in [1.165, 1.54) is 32.2 Å². The third-order valence-corrected chi connectivity index (χ3v) is 7.34. The number of nitrogens with zero attached hydrogens (tertiary/aromatic N) is 2. The lowest BCUT2D eigenvalue weighted by molar-refractivity contribution is -0.226. The highest BCUT2D eigenvalue weighted by Crippen LogP contribution is 2.41. The fraction of sp³-hybridized carbons (Fsp3) is 1.00. The Kier molecular flexibility index (Phi) is 7.44. The monoisotopic (exact) mass is 381 g/mol. The van der Waals surface area contributed by atoms with Crippen LogP contribution in [0.4, 0.5) is 0 Å². The van der Waals surface area contributed by atoms with Gasteiger partial charge in [-0.05, 0) is 77.0 Å². The molecule has 160 valence electrons. The van der Waals surface area contributed by atoms with Gasteiger partial charge in [-0.3, -0.25) is 9.74 Å². The molecule has 0 saturated carbocycles. The molecule has 0 aromatic rings. The summed E-state index contributed by atoms with van der Waals surface area (Å²) in [6.45, 7) is 25.4. The van der Waals surface area contributed by atoms with Crippen molar-refractivity contribution in [1.29, 1.82) is 0 Å². The van der Waals surface area contributed by atoms with Crippen molar-refractivity contribution in [1.82, 2.24) is 15.3 Å². The topological polar surface area (TPSA) is 27.7 Å². The largest absolute Gasteiger partial charge is 0.301 e. The molecule has 0 spiro atoms. The molecule has 0 radical (unpaired) electrons. The van der Waals surface area contributed by atoms with Crippen molar-refractivity contribution >= 4 is 0 Å². The van der Waals surface area contributed by atoms with Gasteiger partial charge in [-0.25, -0.2) is 0 Å². The predicted molar refractivity (Wildman–Crippen MR) is 116 cm³/mol. The van der Waals surface area contributed by atoms with E-state index in [4.69, 9.17) is 4.84 Å². The summed E-state index contributed by atoms with van der Waals surface area (Å²) in [7, 11) is 0. The quantitative estimate of drug-likeness (QED) is 0.708. The molecule has 1 N–H and O–H groups in total. The van der Waals surface area contributed by atoms with E-state index in [1.807, 2.05) is 0 Å². The second-order valence-corrected chi connectivity index (χ2v) is 11.6. The highest BCUT2D eigenvalue weighted by atomic mass is 16.7. The molecule has 0 amide bonds. The lowest BCUT2D eigenvalue weighted by Gasteiger charge is -2.47. The first-order valence-corrected chi connectivity index (χ1v) is 11.2. The van der Waals surface area contributed by atoms with Gasteiger partial charge in [0.05, 0.1) is 6.61 Å². The molecule has 2 aliphatic heterocycles. The standard InChI is InChI=1S/C23H47N3O/c1-18(2)26-15-10-19(16-27-26)22(6,7)12-13-23(8,9)20-11-14-25(17-24-20)21(3,4)5/h18-20,24H,10-17H2,1-9H3. The average molecular weight is 382 g/mol. The van der Waals surface area contributed by atoms with Crippen molar-refractivity contribution in [2.75, 3.05) is 26.4 Å². The van der Waals surface area contributed by atoms with Crippen molar-refractivity contribution in [3.05, 3.63) is 0 Å². The van der Waals surface area contributed by atoms with Crippen molar-refractivity contribution in [3.63, 3.8) is 0 Å². The summed E-state index contributed by atoms with van der Waals surface area (Å²) in [6.07, 6.45) is 5.06. The van der Waals surface area contributed by atoms with E-state index in [9.17, 15) is 0 Å². The number of hydrogen-bond donors (Lipinski definition) is 1. The van der Waals surface area contributed by atoms with Gasteiger partial charge in [0.25, 0.3) is 0 Å². The Balaban J connectivity index is 1.83. The maximum atomic E-state index is 6.05. The van der Waals surface area contributed by atoms with Gasteiger partial charge in [0.2, 0.25) is 0 Å². The lowest BCUT2D eigenvalue weighted by Crippen LogP contribution is -2.58. The highest BCUT2D eigenvalue weighted by molar-refractivity contribution is 4.92. The van der Waals surface area contributed by atoms with E-state index in [0.717, 1.165) is 19.8 Å². The van der Waals surface area contributed by atoms with Crippen LogP contribution in [-0.2, 0) is 4.84 Å². The zero-order valence-corrected chi connectivity index (χ0v) is 19.7. The minimum absolute atomic E-state index is 0.259. The molecular weight excluding hydrogens is 334 g/mol. The van der Waals surface area contributed by atoms with Crippen LogP contribution in [0.15, 0.2) is 0 Å². The molecule has 4 nitrogen and oxygen atoms in total. The number of hydroxylamine groups is 2. The Morgan fingerprint density at radius 2 is 1.56 bits per heavy atom. The molecule has 2 aliphatic rings. The molecule has 2 unspecified atom stereocenters. The van der Waals surface area contributed by atoms with Crippen LogP contribution in [0.25, 0.3) is 0 Å². The third-order valence-electron chi connectivity index (χ3n) is 7.34.